The normalized spacial score (nSPS) is 12.8. The Bertz CT molecular complexity index is 202. The zero-order valence-corrected chi connectivity index (χ0v) is 11.2. The van der Waals surface area contributed by atoms with Crippen molar-refractivity contribution in [3.05, 3.63) is 0 Å². The maximum absolute atomic E-state index is 11.9. The maximum Gasteiger partial charge on any atom is 0.224 e. The first-order valence-electron chi connectivity index (χ1n) is 6.34. The van der Waals surface area contributed by atoms with Crippen LogP contribution in [0.5, 0.6) is 0 Å². The summed E-state index contributed by atoms with van der Waals surface area (Å²) in [5.41, 5.74) is 0. The molecule has 0 radical (unpaired) electrons. The minimum Gasteiger partial charge on any atom is -0.395 e. The first kappa shape index (κ1) is 16.4. The van der Waals surface area contributed by atoms with Crippen molar-refractivity contribution >= 4 is 5.91 Å². The molecule has 1 atom stereocenters. The zero-order chi connectivity index (χ0) is 13.3. The summed E-state index contributed by atoms with van der Waals surface area (Å²) in [5.74, 6) is -0.00694. The molecular formula is C12H26N2O3. The molecule has 0 saturated carbocycles. The predicted molar refractivity (Wildman–Crippen MR) is 67.8 cm³/mol. The van der Waals surface area contributed by atoms with Gasteiger partial charge in [-0.25, -0.2) is 0 Å². The standard InChI is InChI=1S/C12H26N2O3/c1-4-13(5-2)11(3)10-12(17)14(6-8-15)7-9-16/h11,15-16H,4-10H2,1-3H3. The van der Waals surface area contributed by atoms with Crippen molar-refractivity contribution in [2.75, 3.05) is 39.4 Å². The Morgan fingerprint density at radius 2 is 1.59 bits per heavy atom. The van der Waals surface area contributed by atoms with Crippen molar-refractivity contribution in [1.82, 2.24) is 9.80 Å². The molecule has 0 fully saturated rings. The average Bonchev–Trinajstić information content (AvgIpc) is 2.30. The molecular weight excluding hydrogens is 220 g/mol. The van der Waals surface area contributed by atoms with Gasteiger partial charge in [0, 0.05) is 25.6 Å². The Balaban J connectivity index is 4.27. The fraction of sp³-hybridized carbons (Fsp3) is 0.917. The molecule has 0 aromatic rings. The van der Waals surface area contributed by atoms with E-state index >= 15 is 0 Å². The highest BCUT2D eigenvalue weighted by atomic mass is 16.3. The fourth-order valence-electron chi connectivity index (χ4n) is 1.96. The molecule has 0 aliphatic heterocycles. The molecule has 0 aromatic carbocycles. The number of nitrogens with zero attached hydrogens (tertiary/aromatic N) is 2. The molecule has 0 aliphatic carbocycles. The van der Waals surface area contributed by atoms with Crippen LogP contribution in [0.15, 0.2) is 0 Å². The second-order valence-corrected chi connectivity index (χ2v) is 4.10. The molecule has 102 valence electrons. The van der Waals surface area contributed by atoms with Gasteiger partial charge in [0.25, 0.3) is 0 Å². The number of carbonyl (C=O) groups is 1. The second kappa shape index (κ2) is 9.39. The number of rotatable bonds is 9. The molecule has 5 nitrogen and oxygen atoms in total. The summed E-state index contributed by atoms with van der Waals surface area (Å²) in [4.78, 5) is 15.7. The maximum atomic E-state index is 11.9. The molecule has 0 aromatic heterocycles. The minimum atomic E-state index is -0.0641. The van der Waals surface area contributed by atoms with E-state index < -0.39 is 0 Å². The second-order valence-electron chi connectivity index (χ2n) is 4.10. The van der Waals surface area contributed by atoms with E-state index in [0.717, 1.165) is 13.1 Å². The summed E-state index contributed by atoms with van der Waals surface area (Å²) in [6, 6.07) is 0.192. The molecule has 17 heavy (non-hydrogen) atoms. The van der Waals surface area contributed by atoms with Gasteiger partial charge in [-0.2, -0.15) is 0 Å². The minimum absolute atomic E-state index is 0.00694. The summed E-state index contributed by atoms with van der Waals surface area (Å²) in [5, 5.41) is 17.7. The Kier molecular flexibility index (Phi) is 9.03. The lowest BCUT2D eigenvalue weighted by molar-refractivity contribution is -0.133. The van der Waals surface area contributed by atoms with E-state index in [1.165, 1.54) is 4.90 Å². The number of hydrogen-bond donors (Lipinski definition) is 2. The first-order valence-corrected chi connectivity index (χ1v) is 6.34. The third-order valence-corrected chi connectivity index (χ3v) is 3.00. The molecule has 0 rings (SSSR count). The number of carbonyl (C=O) groups excluding carboxylic acids is 1. The molecule has 1 unspecified atom stereocenters. The van der Waals surface area contributed by atoms with Gasteiger partial charge in [-0.1, -0.05) is 13.8 Å². The highest BCUT2D eigenvalue weighted by Crippen LogP contribution is 2.06. The van der Waals surface area contributed by atoms with Crippen molar-refractivity contribution in [3.8, 4) is 0 Å². The Morgan fingerprint density at radius 1 is 1.12 bits per heavy atom. The van der Waals surface area contributed by atoms with Crippen molar-refractivity contribution < 1.29 is 15.0 Å². The van der Waals surface area contributed by atoms with Gasteiger partial charge in [-0.3, -0.25) is 4.79 Å². The van der Waals surface area contributed by atoms with Gasteiger partial charge in [0.1, 0.15) is 0 Å². The van der Waals surface area contributed by atoms with Crippen molar-refractivity contribution in [3.63, 3.8) is 0 Å². The largest absolute Gasteiger partial charge is 0.395 e. The van der Waals surface area contributed by atoms with E-state index in [4.69, 9.17) is 10.2 Å². The van der Waals surface area contributed by atoms with Crippen LogP contribution in [0.1, 0.15) is 27.2 Å². The lowest BCUT2D eigenvalue weighted by Gasteiger charge is -2.28. The summed E-state index contributed by atoms with van der Waals surface area (Å²) in [7, 11) is 0. The van der Waals surface area contributed by atoms with Crippen LogP contribution >= 0.6 is 0 Å². The van der Waals surface area contributed by atoms with E-state index in [1.807, 2.05) is 6.92 Å². The molecule has 0 heterocycles. The highest BCUT2D eigenvalue weighted by molar-refractivity contribution is 5.76. The summed E-state index contributed by atoms with van der Waals surface area (Å²) in [6.07, 6.45) is 0.432. The van der Waals surface area contributed by atoms with Crippen LogP contribution in [-0.2, 0) is 4.79 Å². The van der Waals surface area contributed by atoms with Gasteiger partial charge < -0.3 is 20.0 Å². The topological polar surface area (TPSA) is 64.0 Å². The lowest BCUT2D eigenvalue weighted by Crippen LogP contribution is -2.41. The molecule has 1 amide bonds. The van der Waals surface area contributed by atoms with Gasteiger partial charge in [0.15, 0.2) is 0 Å². The van der Waals surface area contributed by atoms with E-state index in [2.05, 4.69) is 18.7 Å². The van der Waals surface area contributed by atoms with Crippen LogP contribution < -0.4 is 0 Å². The van der Waals surface area contributed by atoms with Crippen molar-refractivity contribution in [2.24, 2.45) is 0 Å². The van der Waals surface area contributed by atoms with Crippen molar-refractivity contribution in [2.45, 2.75) is 33.2 Å². The van der Waals surface area contributed by atoms with Crippen LogP contribution in [0, 0.1) is 0 Å². The SMILES string of the molecule is CCN(CC)C(C)CC(=O)N(CCO)CCO. The third-order valence-electron chi connectivity index (χ3n) is 3.00. The van der Waals surface area contributed by atoms with Crippen LogP contribution in [0.3, 0.4) is 0 Å². The molecule has 2 N–H and O–H groups in total. The monoisotopic (exact) mass is 246 g/mol. The lowest BCUT2D eigenvalue weighted by atomic mass is 10.2. The zero-order valence-electron chi connectivity index (χ0n) is 11.2. The van der Waals surface area contributed by atoms with Crippen LogP contribution in [-0.4, -0.2) is 71.4 Å². The van der Waals surface area contributed by atoms with Gasteiger partial charge in [-0.05, 0) is 20.0 Å². The van der Waals surface area contributed by atoms with E-state index in [0.29, 0.717) is 19.5 Å². The van der Waals surface area contributed by atoms with Gasteiger partial charge in [0.05, 0.1) is 13.2 Å². The van der Waals surface area contributed by atoms with Crippen molar-refractivity contribution in [1.29, 1.82) is 0 Å². The smallest absolute Gasteiger partial charge is 0.224 e. The predicted octanol–water partition coefficient (Wildman–Crippen LogP) is -0.0800. The van der Waals surface area contributed by atoms with E-state index in [1.54, 1.807) is 0 Å². The van der Waals surface area contributed by atoms with Gasteiger partial charge in [0.2, 0.25) is 5.91 Å². The van der Waals surface area contributed by atoms with E-state index in [9.17, 15) is 4.79 Å². The first-order chi connectivity index (χ1) is 8.10. The molecule has 0 aliphatic rings. The Labute approximate surface area is 104 Å². The average molecular weight is 246 g/mol. The van der Waals surface area contributed by atoms with Gasteiger partial charge in [-0.15, -0.1) is 0 Å². The molecule has 0 spiro atoms. The summed E-state index contributed by atoms with van der Waals surface area (Å²) in [6.45, 7) is 8.48. The number of hydrogen-bond acceptors (Lipinski definition) is 4. The van der Waals surface area contributed by atoms with E-state index in [-0.39, 0.29) is 25.2 Å². The summed E-state index contributed by atoms with van der Waals surface area (Å²) >= 11 is 0. The van der Waals surface area contributed by atoms with Crippen LogP contribution in [0.25, 0.3) is 0 Å². The molecule has 0 bridgehead atoms. The Hall–Kier alpha value is -0.650. The summed E-state index contributed by atoms with van der Waals surface area (Å²) < 4.78 is 0. The fourth-order valence-corrected chi connectivity index (χ4v) is 1.96. The molecule has 0 saturated heterocycles. The number of amides is 1. The van der Waals surface area contributed by atoms with Crippen LogP contribution in [0.2, 0.25) is 0 Å². The third kappa shape index (κ3) is 6.00. The molecule has 5 heteroatoms. The van der Waals surface area contributed by atoms with Crippen LogP contribution in [0.4, 0.5) is 0 Å². The Morgan fingerprint density at radius 3 is 1.94 bits per heavy atom. The number of aliphatic hydroxyl groups excluding tert-OH is 2. The quantitative estimate of drug-likeness (QED) is 0.597. The van der Waals surface area contributed by atoms with Gasteiger partial charge >= 0.3 is 0 Å². The highest BCUT2D eigenvalue weighted by Gasteiger charge is 2.18. The number of aliphatic hydroxyl groups is 2.